The number of hydrogen-bond acceptors (Lipinski definition) is 6. The van der Waals surface area contributed by atoms with E-state index in [1.54, 1.807) is 18.2 Å². The zero-order valence-electron chi connectivity index (χ0n) is 17.0. The molecule has 3 rings (SSSR count). The second kappa shape index (κ2) is 9.05. The first-order valence-corrected chi connectivity index (χ1v) is 9.35. The number of carbonyl (C=O) groups excluding carboxylic acids is 1. The zero-order chi connectivity index (χ0) is 20.8. The molecular weight excluding hydrogens is 366 g/mol. The number of carbonyl (C=O) groups is 1. The highest BCUT2D eigenvalue weighted by atomic mass is 16.5. The molecule has 0 spiro atoms. The first-order valence-electron chi connectivity index (χ1n) is 9.35. The summed E-state index contributed by atoms with van der Waals surface area (Å²) < 4.78 is 5.61. The Bertz CT molecular complexity index is 954. The molecule has 150 valence electrons. The fourth-order valence-corrected chi connectivity index (χ4v) is 2.62. The molecule has 0 saturated heterocycles. The second-order valence-electron chi connectivity index (χ2n) is 7.00. The molecule has 2 N–H and O–H groups in total. The zero-order valence-corrected chi connectivity index (χ0v) is 17.0. The predicted molar refractivity (Wildman–Crippen MR) is 116 cm³/mol. The number of ether oxygens (including phenoxy) is 1. The summed E-state index contributed by atoms with van der Waals surface area (Å²) in [5.41, 5.74) is 2.91. The molecular formula is C22H25N5O2. The van der Waals surface area contributed by atoms with Crippen molar-refractivity contribution in [3.63, 3.8) is 0 Å². The van der Waals surface area contributed by atoms with Crippen LogP contribution < -0.4 is 20.3 Å². The fourth-order valence-electron chi connectivity index (χ4n) is 2.62. The minimum atomic E-state index is -0.309. The van der Waals surface area contributed by atoms with Gasteiger partial charge in [-0.25, -0.2) is 9.97 Å². The summed E-state index contributed by atoms with van der Waals surface area (Å²) in [6, 6.07) is 16.8. The van der Waals surface area contributed by atoms with Gasteiger partial charge in [0.05, 0.1) is 6.10 Å². The first-order chi connectivity index (χ1) is 13.9. The monoisotopic (exact) mass is 391 g/mol. The Morgan fingerprint density at radius 1 is 0.966 bits per heavy atom. The Labute approximate surface area is 170 Å². The Hall–Kier alpha value is -3.61. The number of benzene rings is 2. The normalized spacial score (nSPS) is 10.5. The summed E-state index contributed by atoms with van der Waals surface area (Å²) in [6.45, 7) is 3.93. The van der Waals surface area contributed by atoms with Gasteiger partial charge in [-0.3, -0.25) is 4.79 Å². The molecule has 1 heterocycles. The van der Waals surface area contributed by atoms with E-state index >= 15 is 0 Å². The van der Waals surface area contributed by atoms with Gasteiger partial charge in [0, 0.05) is 37.2 Å². The molecule has 0 bridgehead atoms. The van der Waals surface area contributed by atoms with Crippen LogP contribution in [0.3, 0.4) is 0 Å². The number of nitrogens with one attached hydrogen (secondary N) is 2. The van der Waals surface area contributed by atoms with Gasteiger partial charge in [-0.1, -0.05) is 0 Å². The van der Waals surface area contributed by atoms with Gasteiger partial charge in [0.1, 0.15) is 23.6 Å². The Balaban J connectivity index is 1.66. The van der Waals surface area contributed by atoms with Crippen molar-refractivity contribution in [1.82, 2.24) is 9.97 Å². The van der Waals surface area contributed by atoms with Gasteiger partial charge in [-0.05, 0) is 62.4 Å². The van der Waals surface area contributed by atoms with Crippen molar-refractivity contribution >= 4 is 28.8 Å². The lowest BCUT2D eigenvalue weighted by molar-refractivity contribution is 0.102. The van der Waals surface area contributed by atoms with Crippen LogP contribution in [0, 0.1) is 0 Å². The summed E-state index contributed by atoms with van der Waals surface area (Å²) in [7, 11) is 3.98. The number of rotatable bonds is 7. The summed E-state index contributed by atoms with van der Waals surface area (Å²) in [5.74, 6) is 0.992. The van der Waals surface area contributed by atoms with Crippen molar-refractivity contribution in [2.75, 3.05) is 29.6 Å². The molecule has 2 aromatic carbocycles. The fraction of sp³-hybridized carbons (Fsp3) is 0.227. The maximum atomic E-state index is 12.5. The number of amides is 1. The highest BCUT2D eigenvalue weighted by Crippen LogP contribution is 2.20. The van der Waals surface area contributed by atoms with E-state index < -0.39 is 0 Å². The molecule has 7 heteroatoms. The van der Waals surface area contributed by atoms with E-state index in [4.69, 9.17) is 4.74 Å². The van der Waals surface area contributed by atoms with E-state index in [2.05, 4.69) is 20.6 Å². The van der Waals surface area contributed by atoms with Crippen LogP contribution in [0.25, 0.3) is 0 Å². The van der Waals surface area contributed by atoms with Gasteiger partial charge in [0.2, 0.25) is 0 Å². The van der Waals surface area contributed by atoms with Gasteiger partial charge in [-0.15, -0.1) is 0 Å². The average molecular weight is 391 g/mol. The lowest BCUT2D eigenvalue weighted by Crippen LogP contribution is -2.14. The molecule has 0 fully saturated rings. The van der Waals surface area contributed by atoms with E-state index in [0.29, 0.717) is 11.5 Å². The largest absolute Gasteiger partial charge is 0.491 e. The smallest absolute Gasteiger partial charge is 0.274 e. The molecule has 0 unspecified atom stereocenters. The molecule has 29 heavy (non-hydrogen) atoms. The molecule has 0 aliphatic carbocycles. The maximum absolute atomic E-state index is 12.5. The van der Waals surface area contributed by atoms with Gasteiger partial charge >= 0.3 is 0 Å². The highest BCUT2D eigenvalue weighted by Gasteiger charge is 2.10. The summed E-state index contributed by atoms with van der Waals surface area (Å²) in [6.07, 6.45) is 1.46. The molecule has 0 aliphatic rings. The third-order valence-electron chi connectivity index (χ3n) is 4.04. The number of aromatic nitrogens is 2. The van der Waals surface area contributed by atoms with E-state index in [1.807, 2.05) is 69.2 Å². The van der Waals surface area contributed by atoms with Crippen molar-refractivity contribution in [3.05, 3.63) is 66.6 Å². The SMILES string of the molecule is CC(C)Oc1ccc(NC(=O)c2cc(Nc3ccc(N(C)C)cc3)ncn2)cc1. The van der Waals surface area contributed by atoms with Crippen LogP contribution in [-0.2, 0) is 0 Å². The third kappa shape index (κ3) is 5.68. The minimum Gasteiger partial charge on any atom is -0.491 e. The predicted octanol–water partition coefficient (Wildman–Crippen LogP) is 4.33. The lowest BCUT2D eigenvalue weighted by atomic mass is 10.2. The van der Waals surface area contributed by atoms with E-state index in [0.717, 1.165) is 17.1 Å². The van der Waals surface area contributed by atoms with Crippen LogP contribution in [0.15, 0.2) is 60.9 Å². The molecule has 3 aromatic rings. The van der Waals surface area contributed by atoms with Gasteiger partial charge in [-0.2, -0.15) is 0 Å². The first kappa shape index (κ1) is 20.1. The van der Waals surface area contributed by atoms with Crippen LogP contribution in [0.2, 0.25) is 0 Å². The summed E-state index contributed by atoms with van der Waals surface area (Å²) >= 11 is 0. The van der Waals surface area contributed by atoms with Crippen molar-refractivity contribution in [1.29, 1.82) is 0 Å². The number of nitrogens with zero attached hydrogens (tertiary/aromatic N) is 3. The number of hydrogen-bond donors (Lipinski definition) is 2. The van der Waals surface area contributed by atoms with Crippen molar-refractivity contribution in [3.8, 4) is 5.75 Å². The second-order valence-corrected chi connectivity index (χ2v) is 7.00. The highest BCUT2D eigenvalue weighted by molar-refractivity contribution is 6.03. The molecule has 1 aromatic heterocycles. The Morgan fingerprint density at radius 2 is 1.62 bits per heavy atom. The quantitative estimate of drug-likeness (QED) is 0.624. The Kier molecular flexibility index (Phi) is 6.29. The standard InChI is InChI=1S/C22H25N5O2/c1-15(2)29-19-11-7-17(8-12-19)26-22(28)20-13-21(24-14-23-20)25-16-5-9-18(10-6-16)27(3)4/h5-15H,1-4H3,(H,26,28)(H,23,24,25). The van der Waals surface area contributed by atoms with Crippen LogP contribution in [0.1, 0.15) is 24.3 Å². The summed E-state index contributed by atoms with van der Waals surface area (Å²) in [5, 5.41) is 6.02. The average Bonchev–Trinajstić information content (AvgIpc) is 2.70. The molecule has 0 radical (unpaired) electrons. The molecule has 1 amide bonds. The van der Waals surface area contributed by atoms with E-state index in [1.165, 1.54) is 6.33 Å². The number of anilines is 4. The third-order valence-corrected chi connectivity index (χ3v) is 4.04. The van der Waals surface area contributed by atoms with E-state index in [9.17, 15) is 4.79 Å². The van der Waals surface area contributed by atoms with Crippen LogP contribution >= 0.6 is 0 Å². The van der Waals surface area contributed by atoms with Gasteiger partial charge in [0.15, 0.2) is 0 Å². The van der Waals surface area contributed by atoms with Crippen molar-refractivity contribution < 1.29 is 9.53 Å². The molecule has 0 atom stereocenters. The minimum absolute atomic E-state index is 0.0986. The van der Waals surface area contributed by atoms with Gasteiger partial charge < -0.3 is 20.3 Å². The molecule has 0 saturated carbocycles. The topological polar surface area (TPSA) is 79.4 Å². The molecule has 7 nitrogen and oxygen atoms in total. The maximum Gasteiger partial charge on any atom is 0.274 e. The van der Waals surface area contributed by atoms with Gasteiger partial charge in [0.25, 0.3) is 5.91 Å². The van der Waals surface area contributed by atoms with Crippen molar-refractivity contribution in [2.45, 2.75) is 20.0 Å². The molecule has 0 aliphatic heterocycles. The van der Waals surface area contributed by atoms with Crippen LogP contribution in [-0.4, -0.2) is 36.1 Å². The lowest BCUT2D eigenvalue weighted by Gasteiger charge is -2.13. The Morgan fingerprint density at radius 3 is 2.24 bits per heavy atom. The van der Waals surface area contributed by atoms with Crippen molar-refractivity contribution in [2.24, 2.45) is 0 Å². The summed E-state index contributed by atoms with van der Waals surface area (Å²) in [4.78, 5) is 22.8. The van der Waals surface area contributed by atoms with E-state index in [-0.39, 0.29) is 17.7 Å². The van der Waals surface area contributed by atoms with Crippen LogP contribution in [0.5, 0.6) is 5.75 Å². The van der Waals surface area contributed by atoms with Crippen LogP contribution in [0.4, 0.5) is 22.9 Å².